The number of benzene rings is 4. The van der Waals surface area contributed by atoms with Gasteiger partial charge in [-0.3, -0.25) is 9.59 Å². The lowest BCUT2D eigenvalue weighted by Gasteiger charge is -2.22. The van der Waals surface area contributed by atoms with E-state index in [-0.39, 0.29) is 17.9 Å². The molecule has 2 amide bonds. The number of hydrogen-bond donors (Lipinski definition) is 2. The minimum atomic E-state index is -0.403. The monoisotopic (exact) mass is 561 g/mol. The topological polar surface area (TPSA) is 88.9 Å². The number of amides is 2. The third-order valence-corrected chi connectivity index (χ3v) is 7.89. The summed E-state index contributed by atoms with van der Waals surface area (Å²) in [6.45, 7) is 3.85. The Morgan fingerprint density at radius 2 is 1.37 bits per heavy atom. The molecular weight excluding hydrogens is 530 g/mol. The molecule has 5 aromatic rings. The van der Waals surface area contributed by atoms with Crippen LogP contribution < -0.4 is 10.6 Å². The number of carbonyl (C=O) groups is 2. The molecule has 0 aliphatic heterocycles. The maximum atomic E-state index is 13.3. The number of nitrogens with one attached hydrogen (secondary N) is 2. The Morgan fingerprint density at radius 1 is 0.780 bits per heavy atom. The van der Waals surface area contributed by atoms with Crippen LogP contribution in [-0.4, -0.2) is 31.8 Å². The molecule has 206 valence electrons. The predicted molar refractivity (Wildman–Crippen MR) is 164 cm³/mol. The zero-order chi connectivity index (χ0) is 28.8. The van der Waals surface area contributed by atoms with Gasteiger partial charge in [0, 0.05) is 23.9 Å². The van der Waals surface area contributed by atoms with E-state index >= 15 is 0 Å². The fourth-order valence-electron chi connectivity index (χ4n) is 4.40. The number of aryl methyl sites for hydroxylation is 1. The zero-order valence-corrected chi connectivity index (χ0v) is 23.9. The normalized spacial score (nSPS) is 11.7. The molecule has 1 heterocycles. The molecular formula is C33H31N5O2S. The van der Waals surface area contributed by atoms with Gasteiger partial charge in [-0.2, -0.15) is 0 Å². The third-order valence-electron chi connectivity index (χ3n) is 6.75. The molecule has 0 saturated carbocycles. The maximum absolute atomic E-state index is 13.3. The highest BCUT2D eigenvalue weighted by Crippen LogP contribution is 2.28. The van der Waals surface area contributed by atoms with Crippen molar-refractivity contribution in [1.82, 2.24) is 20.1 Å². The Balaban J connectivity index is 1.25. The summed E-state index contributed by atoms with van der Waals surface area (Å²) in [6, 6.07) is 34.5. The van der Waals surface area contributed by atoms with Crippen molar-refractivity contribution in [1.29, 1.82) is 0 Å². The molecule has 4 aromatic carbocycles. The molecule has 0 aliphatic rings. The maximum Gasteiger partial charge on any atom is 0.255 e. The molecule has 1 unspecified atom stereocenters. The van der Waals surface area contributed by atoms with Crippen LogP contribution in [0.5, 0.6) is 0 Å². The van der Waals surface area contributed by atoms with Gasteiger partial charge in [0.2, 0.25) is 5.91 Å². The van der Waals surface area contributed by atoms with E-state index in [0.29, 0.717) is 22.2 Å². The number of thioether (sulfide) groups is 1. The number of aromatic nitrogens is 3. The smallest absolute Gasteiger partial charge is 0.255 e. The summed E-state index contributed by atoms with van der Waals surface area (Å²) < 4.78 is 1.88. The molecule has 0 bridgehead atoms. The van der Waals surface area contributed by atoms with Gasteiger partial charge in [0.1, 0.15) is 0 Å². The molecule has 7 nitrogen and oxygen atoms in total. The van der Waals surface area contributed by atoms with Crippen molar-refractivity contribution in [2.75, 3.05) is 5.32 Å². The standard InChI is InChI=1S/C33H31N5O2S/c1-22-14-16-27(17-15-22)32(40)34-28-20-18-26(19-21-28)30-36-37-33(38(30)3)41-23(2)31(39)35-29(24-10-6-4-7-11-24)25-12-8-5-9-13-25/h4-21,23,29H,1-3H3,(H,34,40)(H,35,39). The van der Waals surface area contributed by atoms with Crippen LogP contribution in [-0.2, 0) is 11.8 Å². The van der Waals surface area contributed by atoms with Crippen molar-refractivity contribution in [2.45, 2.75) is 30.3 Å². The number of hydrogen-bond acceptors (Lipinski definition) is 5. The lowest BCUT2D eigenvalue weighted by atomic mass is 9.98. The van der Waals surface area contributed by atoms with Crippen LogP contribution in [0.25, 0.3) is 11.4 Å². The number of carbonyl (C=O) groups excluding carboxylic acids is 2. The average molecular weight is 562 g/mol. The first kappa shape index (κ1) is 27.9. The molecule has 0 saturated heterocycles. The van der Waals surface area contributed by atoms with Gasteiger partial charge in [0.15, 0.2) is 11.0 Å². The van der Waals surface area contributed by atoms with Gasteiger partial charge < -0.3 is 15.2 Å². The Kier molecular flexibility index (Phi) is 8.60. The van der Waals surface area contributed by atoms with Gasteiger partial charge in [0.05, 0.1) is 11.3 Å². The van der Waals surface area contributed by atoms with E-state index in [0.717, 1.165) is 22.3 Å². The molecule has 0 fully saturated rings. The van der Waals surface area contributed by atoms with Gasteiger partial charge in [0.25, 0.3) is 5.91 Å². The Morgan fingerprint density at radius 3 is 1.95 bits per heavy atom. The summed E-state index contributed by atoms with van der Waals surface area (Å²) in [5.41, 5.74) is 5.28. The summed E-state index contributed by atoms with van der Waals surface area (Å²) in [5.74, 6) is 0.415. The SMILES string of the molecule is Cc1ccc(C(=O)Nc2ccc(-c3nnc(SC(C)C(=O)NC(c4ccccc4)c4ccccc4)n3C)cc2)cc1. The fraction of sp³-hybridized carbons (Fsp3) is 0.152. The highest BCUT2D eigenvalue weighted by atomic mass is 32.2. The van der Waals surface area contributed by atoms with Crippen LogP contribution in [0.15, 0.2) is 114 Å². The second kappa shape index (κ2) is 12.7. The van der Waals surface area contributed by atoms with Crippen LogP contribution in [0.2, 0.25) is 0 Å². The van der Waals surface area contributed by atoms with Gasteiger partial charge in [-0.05, 0) is 61.4 Å². The molecule has 0 spiro atoms. The van der Waals surface area contributed by atoms with Crippen LogP contribution in [0.3, 0.4) is 0 Å². The van der Waals surface area contributed by atoms with Gasteiger partial charge in [-0.25, -0.2) is 0 Å². The van der Waals surface area contributed by atoms with Crippen molar-refractivity contribution in [3.8, 4) is 11.4 Å². The van der Waals surface area contributed by atoms with Crippen molar-refractivity contribution in [3.63, 3.8) is 0 Å². The Hall–Kier alpha value is -4.69. The van der Waals surface area contributed by atoms with Crippen molar-refractivity contribution < 1.29 is 9.59 Å². The quantitative estimate of drug-likeness (QED) is 0.203. The molecule has 1 atom stereocenters. The summed E-state index contributed by atoms with van der Waals surface area (Å²) in [4.78, 5) is 25.9. The van der Waals surface area contributed by atoms with Crippen molar-refractivity contribution in [3.05, 3.63) is 131 Å². The molecule has 5 rings (SSSR count). The highest BCUT2D eigenvalue weighted by Gasteiger charge is 2.23. The van der Waals surface area contributed by atoms with Crippen LogP contribution in [0, 0.1) is 6.92 Å². The average Bonchev–Trinajstić information content (AvgIpc) is 3.36. The van der Waals surface area contributed by atoms with E-state index in [1.165, 1.54) is 11.8 Å². The van der Waals surface area contributed by atoms with Gasteiger partial charge in [-0.15, -0.1) is 10.2 Å². The van der Waals surface area contributed by atoms with E-state index < -0.39 is 5.25 Å². The third kappa shape index (κ3) is 6.73. The summed E-state index contributed by atoms with van der Waals surface area (Å²) in [5, 5.41) is 15.1. The minimum absolute atomic E-state index is 0.0917. The summed E-state index contributed by atoms with van der Waals surface area (Å²) >= 11 is 1.36. The second-order valence-corrected chi connectivity index (χ2v) is 11.1. The van der Waals surface area contributed by atoms with E-state index in [1.54, 1.807) is 0 Å². The first-order chi connectivity index (χ1) is 19.9. The fourth-order valence-corrected chi connectivity index (χ4v) is 5.22. The molecule has 41 heavy (non-hydrogen) atoms. The van der Waals surface area contributed by atoms with E-state index in [9.17, 15) is 9.59 Å². The highest BCUT2D eigenvalue weighted by molar-refractivity contribution is 8.00. The van der Waals surface area contributed by atoms with Crippen LogP contribution in [0.1, 0.15) is 40.0 Å². The second-order valence-electron chi connectivity index (χ2n) is 9.79. The molecule has 1 aromatic heterocycles. The van der Waals surface area contributed by atoms with E-state index in [1.807, 2.05) is 135 Å². The number of rotatable bonds is 9. The number of anilines is 1. The molecule has 0 aliphatic carbocycles. The summed E-state index contributed by atoms with van der Waals surface area (Å²) in [7, 11) is 1.88. The predicted octanol–water partition coefficient (Wildman–Crippen LogP) is 6.43. The number of nitrogens with zero attached hydrogens (tertiary/aromatic N) is 3. The lowest BCUT2D eigenvalue weighted by molar-refractivity contribution is -0.120. The minimum Gasteiger partial charge on any atom is -0.344 e. The first-order valence-corrected chi connectivity index (χ1v) is 14.2. The molecule has 0 radical (unpaired) electrons. The zero-order valence-electron chi connectivity index (χ0n) is 23.1. The van der Waals surface area contributed by atoms with Crippen molar-refractivity contribution >= 4 is 29.3 Å². The Bertz CT molecular complexity index is 1580. The van der Waals surface area contributed by atoms with E-state index in [2.05, 4.69) is 20.8 Å². The lowest BCUT2D eigenvalue weighted by Crippen LogP contribution is -2.35. The molecule has 8 heteroatoms. The molecule has 2 N–H and O–H groups in total. The van der Waals surface area contributed by atoms with Crippen LogP contribution in [0.4, 0.5) is 5.69 Å². The van der Waals surface area contributed by atoms with E-state index in [4.69, 9.17) is 0 Å². The summed E-state index contributed by atoms with van der Waals surface area (Å²) in [6.07, 6.45) is 0. The Labute approximate surface area is 244 Å². The largest absolute Gasteiger partial charge is 0.344 e. The van der Waals surface area contributed by atoms with Gasteiger partial charge in [-0.1, -0.05) is 90.1 Å². The first-order valence-electron chi connectivity index (χ1n) is 13.3. The van der Waals surface area contributed by atoms with Crippen LogP contribution >= 0.6 is 11.8 Å². The van der Waals surface area contributed by atoms with Gasteiger partial charge >= 0.3 is 0 Å². The van der Waals surface area contributed by atoms with Crippen molar-refractivity contribution in [2.24, 2.45) is 7.05 Å².